The van der Waals surface area contributed by atoms with E-state index in [0.717, 1.165) is 20.2 Å². The molecular weight excluding hydrogens is 393 g/mol. The number of hydrogen-bond acceptors (Lipinski definition) is 3. The largest absolute Gasteiger partial charge is 0.377 e. The number of nitrogens with two attached hydrogens (primary N) is 1. The van der Waals surface area contributed by atoms with E-state index in [0.29, 0.717) is 11.6 Å². The highest BCUT2D eigenvalue weighted by Crippen LogP contribution is 2.28. The smallest absolute Gasteiger partial charge is 0.0651 e. The zero-order chi connectivity index (χ0) is 13.8. The van der Waals surface area contributed by atoms with Gasteiger partial charge in [-0.05, 0) is 61.7 Å². The Hall–Kier alpha value is -0.620. The molecule has 2 aromatic rings. The van der Waals surface area contributed by atoms with Crippen molar-refractivity contribution in [2.45, 2.75) is 6.04 Å². The summed E-state index contributed by atoms with van der Waals surface area (Å²) < 4.78 is 1.80. The van der Waals surface area contributed by atoms with Gasteiger partial charge in [-0.15, -0.1) is 0 Å². The highest BCUT2D eigenvalue weighted by atomic mass is 79.9. The maximum Gasteiger partial charge on any atom is 0.0651 e. The van der Waals surface area contributed by atoms with Crippen molar-refractivity contribution in [1.29, 1.82) is 0 Å². The molecule has 2 rings (SSSR count). The van der Waals surface area contributed by atoms with E-state index in [1.165, 1.54) is 0 Å². The third-order valence-electron chi connectivity index (χ3n) is 2.62. The lowest BCUT2D eigenvalue weighted by molar-refractivity contribution is 0.784. The van der Waals surface area contributed by atoms with E-state index in [4.69, 9.17) is 17.3 Å². The van der Waals surface area contributed by atoms with Crippen LogP contribution in [0.15, 0.2) is 45.6 Å². The first kappa shape index (κ1) is 14.8. The van der Waals surface area contributed by atoms with Crippen LogP contribution < -0.4 is 11.1 Å². The topological polar surface area (TPSA) is 50.9 Å². The summed E-state index contributed by atoms with van der Waals surface area (Å²) >= 11 is 12.8. The van der Waals surface area contributed by atoms with Gasteiger partial charge in [-0.1, -0.05) is 11.6 Å². The molecule has 0 amide bonds. The van der Waals surface area contributed by atoms with Crippen molar-refractivity contribution in [3.05, 3.63) is 56.2 Å². The van der Waals surface area contributed by atoms with Gasteiger partial charge in [0.05, 0.1) is 11.1 Å². The summed E-state index contributed by atoms with van der Waals surface area (Å²) in [5, 5.41) is 4.01. The van der Waals surface area contributed by atoms with Crippen molar-refractivity contribution in [3.63, 3.8) is 0 Å². The number of nitrogens with one attached hydrogen (secondary N) is 1. The van der Waals surface area contributed by atoms with Crippen LogP contribution in [0.3, 0.4) is 0 Å². The predicted molar refractivity (Wildman–Crippen MR) is 86.5 cm³/mol. The van der Waals surface area contributed by atoms with Crippen LogP contribution in [-0.4, -0.2) is 11.5 Å². The molecule has 3 N–H and O–H groups in total. The van der Waals surface area contributed by atoms with Gasteiger partial charge in [-0.3, -0.25) is 4.98 Å². The monoisotopic (exact) mass is 403 g/mol. The quantitative estimate of drug-likeness (QED) is 0.794. The number of pyridine rings is 1. The number of hydrogen-bond donors (Lipinski definition) is 2. The van der Waals surface area contributed by atoms with Crippen LogP contribution in [-0.2, 0) is 0 Å². The molecular formula is C13H12Br2ClN3. The second kappa shape index (κ2) is 6.70. The molecule has 100 valence electrons. The average Bonchev–Trinajstić information content (AvgIpc) is 2.40. The van der Waals surface area contributed by atoms with E-state index < -0.39 is 0 Å². The number of aromatic nitrogens is 1. The third-order valence-corrected chi connectivity index (χ3v) is 4.29. The lowest BCUT2D eigenvalue weighted by atomic mass is 10.1. The van der Waals surface area contributed by atoms with Crippen LogP contribution in [0.2, 0.25) is 5.02 Å². The summed E-state index contributed by atoms with van der Waals surface area (Å²) in [6.07, 6.45) is 3.54. The minimum atomic E-state index is -0.0118. The Morgan fingerprint density at radius 2 is 2.05 bits per heavy atom. The number of halogens is 3. The molecule has 0 aliphatic rings. The summed E-state index contributed by atoms with van der Waals surface area (Å²) in [7, 11) is 0. The van der Waals surface area contributed by atoms with Crippen molar-refractivity contribution in [1.82, 2.24) is 4.98 Å². The van der Waals surface area contributed by atoms with E-state index in [-0.39, 0.29) is 6.04 Å². The van der Waals surface area contributed by atoms with E-state index in [1.54, 1.807) is 12.4 Å². The fourth-order valence-electron chi connectivity index (χ4n) is 1.68. The SMILES string of the molecule is NCC(Nc1ccc(Br)c(Cl)c1)c1cncc(Br)c1. The Kier molecular flexibility index (Phi) is 5.21. The molecule has 3 nitrogen and oxygen atoms in total. The second-order valence-corrected chi connectivity index (χ2v) is 6.18. The molecule has 1 heterocycles. The first-order chi connectivity index (χ1) is 9.10. The molecule has 0 fully saturated rings. The van der Waals surface area contributed by atoms with Gasteiger partial charge in [-0.25, -0.2) is 0 Å². The van der Waals surface area contributed by atoms with Gasteiger partial charge in [0, 0.05) is 33.6 Å². The van der Waals surface area contributed by atoms with Crippen LogP contribution in [0, 0.1) is 0 Å². The molecule has 1 aromatic heterocycles. The first-order valence-electron chi connectivity index (χ1n) is 5.62. The van der Waals surface area contributed by atoms with Gasteiger partial charge >= 0.3 is 0 Å². The Labute approximate surface area is 133 Å². The Bertz CT molecular complexity index is 578. The average molecular weight is 406 g/mol. The van der Waals surface area contributed by atoms with Crippen LogP contribution in [0.5, 0.6) is 0 Å². The minimum absolute atomic E-state index is 0.0118. The Balaban J connectivity index is 2.21. The van der Waals surface area contributed by atoms with E-state index in [1.807, 2.05) is 24.3 Å². The van der Waals surface area contributed by atoms with Gasteiger partial charge in [0.25, 0.3) is 0 Å². The lowest BCUT2D eigenvalue weighted by Gasteiger charge is -2.18. The van der Waals surface area contributed by atoms with Crippen molar-refractivity contribution in [2.75, 3.05) is 11.9 Å². The van der Waals surface area contributed by atoms with Gasteiger partial charge in [0.2, 0.25) is 0 Å². The minimum Gasteiger partial charge on any atom is -0.377 e. The third kappa shape index (κ3) is 3.92. The van der Waals surface area contributed by atoms with Crippen molar-refractivity contribution >= 4 is 49.1 Å². The molecule has 0 spiro atoms. The molecule has 1 atom stereocenters. The molecule has 0 saturated carbocycles. The van der Waals surface area contributed by atoms with Gasteiger partial charge in [-0.2, -0.15) is 0 Å². The summed E-state index contributed by atoms with van der Waals surface area (Å²) in [5.41, 5.74) is 7.77. The maximum atomic E-state index is 6.07. The normalized spacial score (nSPS) is 12.2. The highest BCUT2D eigenvalue weighted by molar-refractivity contribution is 9.10. The molecule has 0 saturated heterocycles. The predicted octanol–water partition coefficient (Wildman–Crippen LogP) is 4.37. The molecule has 1 unspecified atom stereocenters. The van der Waals surface area contributed by atoms with Crippen molar-refractivity contribution < 1.29 is 0 Å². The van der Waals surface area contributed by atoms with Gasteiger partial charge in [0.1, 0.15) is 0 Å². The van der Waals surface area contributed by atoms with Crippen LogP contribution in [0.4, 0.5) is 5.69 Å². The molecule has 0 bridgehead atoms. The van der Waals surface area contributed by atoms with Crippen LogP contribution >= 0.6 is 43.5 Å². The fourth-order valence-corrected chi connectivity index (χ4v) is 2.49. The molecule has 0 radical (unpaired) electrons. The van der Waals surface area contributed by atoms with Crippen molar-refractivity contribution in [3.8, 4) is 0 Å². The summed E-state index contributed by atoms with van der Waals surface area (Å²) in [6.45, 7) is 0.464. The summed E-state index contributed by atoms with van der Waals surface area (Å²) in [4.78, 5) is 4.15. The molecule has 1 aromatic carbocycles. The molecule has 0 aliphatic carbocycles. The lowest BCUT2D eigenvalue weighted by Crippen LogP contribution is -2.20. The maximum absolute atomic E-state index is 6.07. The fraction of sp³-hybridized carbons (Fsp3) is 0.154. The van der Waals surface area contributed by atoms with Crippen LogP contribution in [0.25, 0.3) is 0 Å². The zero-order valence-corrected chi connectivity index (χ0v) is 13.8. The summed E-state index contributed by atoms with van der Waals surface area (Å²) in [6, 6.07) is 7.70. The Morgan fingerprint density at radius 1 is 1.26 bits per heavy atom. The number of anilines is 1. The number of nitrogens with zero attached hydrogens (tertiary/aromatic N) is 1. The van der Waals surface area contributed by atoms with Crippen LogP contribution in [0.1, 0.15) is 11.6 Å². The van der Waals surface area contributed by atoms with Gasteiger partial charge in [0.15, 0.2) is 0 Å². The molecule has 0 aliphatic heterocycles. The van der Waals surface area contributed by atoms with E-state index in [2.05, 4.69) is 42.2 Å². The molecule has 19 heavy (non-hydrogen) atoms. The zero-order valence-electron chi connectivity index (χ0n) is 9.91. The van der Waals surface area contributed by atoms with Gasteiger partial charge < -0.3 is 11.1 Å². The first-order valence-corrected chi connectivity index (χ1v) is 7.58. The van der Waals surface area contributed by atoms with Crippen molar-refractivity contribution in [2.24, 2.45) is 5.73 Å². The van der Waals surface area contributed by atoms with E-state index in [9.17, 15) is 0 Å². The Morgan fingerprint density at radius 3 is 2.68 bits per heavy atom. The second-order valence-electron chi connectivity index (χ2n) is 4.00. The molecule has 6 heteroatoms. The van der Waals surface area contributed by atoms with E-state index >= 15 is 0 Å². The number of rotatable bonds is 4. The highest BCUT2D eigenvalue weighted by Gasteiger charge is 2.11. The number of benzene rings is 1. The standard InChI is InChI=1S/C13H12Br2ClN3/c14-9-3-8(6-18-7-9)13(5-17)19-10-1-2-11(15)12(16)4-10/h1-4,6-7,13,19H,5,17H2. The summed E-state index contributed by atoms with van der Waals surface area (Å²) in [5.74, 6) is 0.